The molecular formula is C20H22N4O3S. The lowest BCUT2D eigenvalue weighted by atomic mass is 9.89. The SMILES string of the molecule is CCOc1ccccc1NC(=O)Cn1nnc2sc3c(c2c1=O)CCC(C)C3. The van der Waals surface area contributed by atoms with Gasteiger partial charge in [0.15, 0.2) is 4.83 Å². The Morgan fingerprint density at radius 3 is 3.04 bits per heavy atom. The lowest BCUT2D eigenvalue weighted by molar-refractivity contribution is -0.117. The molecule has 146 valence electrons. The van der Waals surface area contributed by atoms with Gasteiger partial charge in [-0.3, -0.25) is 9.59 Å². The van der Waals surface area contributed by atoms with Crippen LogP contribution in [0.4, 0.5) is 5.69 Å². The summed E-state index contributed by atoms with van der Waals surface area (Å²) in [6.07, 6.45) is 2.92. The van der Waals surface area contributed by atoms with Crippen LogP contribution in [0.1, 0.15) is 30.7 Å². The third-order valence-electron chi connectivity index (χ3n) is 4.94. The number of hydrogen-bond acceptors (Lipinski definition) is 6. The topological polar surface area (TPSA) is 86.1 Å². The molecule has 3 aromatic rings. The van der Waals surface area contributed by atoms with E-state index >= 15 is 0 Å². The van der Waals surface area contributed by atoms with Gasteiger partial charge in [0.25, 0.3) is 5.56 Å². The van der Waals surface area contributed by atoms with Crippen molar-refractivity contribution in [3.8, 4) is 5.75 Å². The molecule has 1 aliphatic carbocycles. The Bertz CT molecular complexity index is 1090. The molecule has 2 aromatic heterocycles. The molecule has 1 N–H and O–H groups in total. The van der Waals surface area contributed by atoms with Crippen molar-refractivity contribution in [1.29, 1.82) is 0 Å². The normalized spacial score (nSPS) is 16.0. The van der Waals surface area contributed by atoms with E-state index in [1.165, 1.54) is 4.88 Å². The number of hydrogen-bond donors (Lipinski definition) is 1. The van der Waals surface area contributed by atoms with Crippen molar-refractivity contribution >= 4 is 33.1 Å². The number of amides is 1. The van der Waals surface area contributed by atoms with Crippen LogP contribution < -0.4 is 15.6 Å². The van der Waals surface area contributed by atoms with Gasteiger partial charge in [0.2, 0.25) is 5.91 Å². The Balaban J connectivity index is 1.59. The third-order valence-corrected chi connectivity index (χ3v) is 6.08. The minimum atomic E-state index is -0.347. The number of benzene rings is 1. The second-order valence-electron chi connectivity index (χ2n) is 7.06. The van der Waals surface area contributed by atoms with E-state index in [0.717, 1.165) is 29.5 Å². The summed E-state index contributed by atoms with van der Waals surface area (Å²) in [6, 6.07) is 7.20. The number of aryl methyl sites for hydroxylation is 1. The van der Waals surface area contributed by atoms with Gasteiger partial charge >= 0.3 is 0 Å². The number of nitrogens with one attached hydrogen (secondary N) is 1. The van der Waals surface area contributed by atoms with Gasteiger partial charge in [-0.1, -0.05) is 24.3 Å². The average Bonchev–Trinajstić information content (AvgIpc) is 3.04. The number of fused-ring (bicyclic) bond motifs is 3. The summed E-state index contributed by atoms with van der Waals surface area (Å²) in [7, 11) is 0. The number of thiophene rings is 1. The highest BCUT2D eigenvalue weighted by molar-refractivity contribution is 7.18. The first-order valence-corrected chi connectivity index (χ1v) is 10.3. The Labute approximate surface area is 166 Å². The minimum Gasteiger partial charge on any atom is -0.492 e. The number of anilines is 1. The van der Waals surface area contributed by atoms with Gasteiger partial charge in [-0.15, -0.1) is 16.4 Å². The zero-order valence-corrected chi connectivity index (χ0v) is 16.7. The first-order chi connectivity index (χ1) is 13.6. The smallest absolute Gasteiger partial charge is 0.279 e. The highest BCUT2D eigenvalue weighted by Crippen LogP contribution is 2.35. The van der Waals surface area contributed by atoms with Crippen LogP contribution in [0.3, 0.4) is 0 Å². The van der Waals surface area contributed by atoms with E-state index in [2.05, 4.69) is 22.6 Å². The van der Waals surface area contributed by atoms with Crippen LogP contribution in [-0.4, -0.2) is 27.5 Å². The molecule has 8 heteroatoms. The standard InChI is InChI=1S/C20H22N4O3S/c1-3-27-15-7-5-4-6-14(15)21-17(25)11-24-20(26)18-13-9-8-12(2)10-16(13)28-19(18)22-23-24/h4-7,12H,3,8-11H2,1-2H3,(H,21,25). The molecule has 2 heterocycles. The summed E-state index contributed by atoms with van der Waals surface area (Å²) < 4.78 is 6.66. The van der Waals surface area contributed by atoms with E-state index < -0.39 is 0 Å². The summed E-state index contributed by atoms with van der Waals surface area (Å²) in [4.78, 5) is 27.4. The van der Waals surface area contributed by atoms with Gasteiger partial charge < -0.3 is 10.1 Å². The molecule has 1 unspecified atom stereocenters. The highest BCUT2D eigenvalue weighted by atomic mass is 32.1. The first kappa shape index (κ1) is 18.6. The Morgan fingerprint density at radius 1 is 1.39 bits per heavy atom. The highest BCUT2D eigenvalue weighted by Gasteiger charge is 2.24. The Kier molecular flexibility index (Phi) is 5.13. The summed E-state index contributed by atoms with van der Waals surface area (Å²) in [5.41, 5.74) is 1.41. The van der Waals surface area contributed by atoms with E-state index in [-0.39, 0.29) is 18.0 Å². The Morgan fingerprint density at radius 2 is 2.21 bits per heavy atom. The van der Waals surface area contributed by atoms with Crippen LogP contribution in [0.2, 0.25) is 0 Å². The molecule has 0 saturated carbocycles. The predicted octanol–water partition coefficient (Wildman–Crippen LogP) is 3.02. The number of carbonyl (C=O) groups is 1. The lowest BCUT2D eigenvalue weighted by Gasteiger charge is -2.17. The van der Waals surface area contributed by atoms with Gasteiger partial charge in [-0.2, -0.15) is 0 Å². The fraction of sp³-hybridized carbons (Fsp3) is 0.400. The number of aromatic nitrogens is 3. The minimum absolute atomic E-state index is 0.191. The fourth-order valence-corrected chi connectivity index (χ4v) is 4.89. The van der Waals surface area contributed by atoms with Gasteiger partial charge in [0, 0.05) is 4.88 Å². The number of nitrogens with zero attached hydrogens (tertiary/aromatic N) is 3. The van der Waals surface area contributed by atoms with Crippen LogP contribution >= 0.6 is 11.3 Å². The Hall–Kier alpha value is -2.74. The van der Waals surface area contributed by atoms with Gasteiger partial charge in [0.05, 0.1) is 17.7 Å². The van der Waals surface area contributed by atoms with Gasteiger partial charge in [-0.05, 0) is 49.8 Å². The van der Waals surface area contributed by atoms with Crippen LogP contribution in [0.15, 0.2) is 29.1 Å². The quantitative estimate of drug-likeness (QED) is 0.714. The number of rotatable bonds is 5. The van der Waals surface area contributed by atoms with Crippen molar-refractivity contribution < 1.29 is 9.53 Å². The number of carbonyl (C=O) groups excluding carboxylic acids is 1. The third kappa shape index (κ3) is 3.52. The van der Waals surface area contributed by atoms with Crippen molar-refractivity contribution in [2.24, 2.45) is 5.92 Å². The fourth-order valence-electron chi connectivity index (χ4n) is 3.57. The number of ether oxygens (including phenoxy) is 1. The van der Waals surface area contributed by atoms with Gasteiger partial charge in [0.1, 0.15) is 12.3 Å². The molecule has 1 aliphatic rings. The molecule has 0 fully saturated rings. The van der Waals surface area contributed by atoms with Crippen molar-refractivity contribution in [2.45, 2.75) is 39.7 Å². The molecule has 0 bridgehead atoms. The molecule has 1 amide bonds. The summed E-state index contributed by atoms with van der Waals surface area (Å²) in [6.45, 7) is 4.41. The monoisotopic (exact) mass is 398 g/mol. The van der Waals surface area contributed by atoms with Crippen LogP contribution in [0.25, 0.3) is 10.2 Å². The van der Waals surface area contributed by atoms with E-state index in [4.69, 9.17) is 4.74 Å². The molecule has 0 saturated heterocycles. The van der Waals surface area contributed by atoms with Gasteiger partial charge in [-0.25, -0.2) is 4.68 Å². The molecular weight excluding hydrogens is 376 g/mol. The molecule has 1 atom stereocenters. The zero-order valence-electron chi connectivity index (χ0n) is 15.9. The maximum atomic E-state index is 13.0. The number of para-hydroxylation sites is 2. The van der Waals surface area contributed by atoms with E-state index in [0.29, 0.717) is 34.2 Å². The largest absolute Gasteiger partial charge is 0.492 e. The van der Waals surface area contributed by atoms with Crippen molar-refractivity contribution in [3.05, 3.63) is 45.1 Å². The molecule has 0 radical (unpaired) electrons. The summed E-state index contributed by atoms with van der Waals surface area (Å²) >= 11 is 1.55. The molecule has 7 nitrogen and oxygen atoms in total. The van der Waals surface area contributed by atoms with Crippen LogP contribution in [0, 0.1) is 5.92 Å². The maximum absolute atomic E-state index is 13.0. The molecule has 4 rings (SSSR count). The van der Waals surface area contributed by atoms with E-state index in [1.54, 1.807) is 23.5 Å². The maximum Gasteiger partial charge on any atom is 0.279 e. The lowest BCUT2D eigenvalue weighted by Crippen LogP contribution is -2.30. The van der Waals surface area contributed by atoms with Crippen LogP contribution in [-0.2, 0) is 24.2 Å². The van der Waals surface area contributed by atoms with Crippen molar-refractivity contribution in [1.82, 2.24) is 15.0 Å². The average molecular weight is 398 g/mol. The van der Waals surface area contributed by atoms with E-state index in [9.17, 15) is 9.59 Å². The molecule has 1 aromatic carbocycles. The zero-order chi connectivity index (χ0) is 19.7. The molecule has 0 aliphatic heterocycles. The molecule has 28 heavy (non-hydrogen) atoms. The predicted molar refractivity (Wildman–Crippen MR) is 109 cm³/mol. The summed E-state index contributed by atoms with van der Waals surface area (Å²) in [5, 5.41) is 11.6. The van der Waals surface area contributed by atoms with Crippen molar-refractivity contribution in [3.63, 3.8) is 0 Å². The second-order valence-corrected chi connectivity index (χ2v) is 8.15. The molecule has 0 spiro atoms. The van der Waals surface area contributed by atoms with Crippen LogP contribution in [0.5, 0.6) is 5.75 Å². The summed E-state index contributed by atoms with van der Waals surface area (Å²) in [5.74, 6) is 0.862. The first-order valence-electron chi connectivity index (χ1n) is 9.46. The van der Waals surface area contributed by atoms with Crippen molar-refractivity contribution in [2.75, 3.05) is 11.9 Å². The van der Waals surface area contributed by atoms with E-state index in [1.807, 2.05) is 19.1 Å². The second kappa shape index (κ2) is 7.71.